The van der Waals surface area contributed by atoms with Crippen LogP contribution in [0.5, 0.6) is 0 Å². The van der Waals surface area contributed by atoms with Gasteiger partial charge in [0.15, 0.2) is 11.9 Å². The maximum atomic E-state index is 4.82. The Bertz CT molecular complexity index is 110. The maximum absolute atomic E-state index is 4.82. The Kier molecular flexibility index (Phi) is 32.5. The molecule has 0 heterocycles. The number of guanidine groups is 2. The number of hydrogen-bond donors (Lipinski definition) is 4. The van der Waals surface area contributed by atoms with E-state index in [0.29, 0.717) is 0 Å². The lowest BCUT2D eigenvalue weighted by atomic mass is 11.1. The molecule has 0 aromatic heterocycles. The lowest BCUT2D eigenvalue weighted by Gasteiger charge is -1.77. The van der Waals surface area contributed by atoms with Crippen molar-refractivity contribution >= 4 is 59.9 Å². The van der Waals surface area contributed by atoms with Gasteiger partial charge in [-0.3, -0.25) is 9.98 Å². The van der Waals surface area contributed by atoms with Gasteiger partial charge >= 0.3 is 0 Å². The minimum Gasteiger partial charge on any atom is -0.370 e. The highest BCUT2D eigenvalue weighted by molar-refractivity contribution is 14.0. The maximum Gasteiger partial charge on any atom is 0.185 e. The molecule has 0 spiro atoms. The van der Waals surface area contributed by atoms with Crippen molar-refractivity contribution < 1.29 is 0 Å². The zero-order valence-electron chi connectivity index (χ0n) is 7.02. The third-order valence-corrected chi connectivity index (χ3v) is 0.516. The van der Waals surface area contributed by atoms with Gasteiger partial charge in [-0.25, -0.2) is 0 Å². The van der Waals surface area contributed by atoms with E-state index < -0.39 is 0 Å². The topological polar surface area (TPSA) is 129 Å². The van der Waals surface area contributed by atoms with Crippen LogP contribution in [-0.2, 0) is 0 Å². The van der Waals surface area contributed by atoms with Crippen LogP contribution in [0, 0.1) is 0 Å². The largest absolute Gasteiger partial charge is 0.370 e. The van der Waals surface area contributed by atoms with Crippen LogP contribution in [0.3, 0.4) is 0 Å². The second-order valence-corrected chi connectivity index (χ2v) is 1.30. The molecular formula is C4H16I2N6. The van der Waals surface area contributed by atoms with E-state index in [1.165, 1.54) is 14.1 Å². The van der Waals surface area contributed by atoms with E-state index in [1.807, 2.05) is 0 Å². The van der Waals surface area contributed by atoms with Gasteiger partial charge in [0.2, 0.25) is 0 Å². The fraction of sp³-hybridized carbons (Fsp3) is 0.500. The highest BCUT2D eigenvalue weighted by atomic mass is 127. The van der Waals surface area contributed by atoms with Crippen molar-refractivity contribution in [3.63, 3.8) is 0 Å². The summed E-state index contributed by atoms with van der Waals surface area (Å²) in [6.45, 7) is 0. The lowest BCUT2D eigenvalue weighted by molar-refractivity contribution is 1.36. The molecule has 6 nitrogen and oxygen atoms in total. The normalized spacial score (nSPS) is 5.50. The zero-order chi connectivity index (χ0) is 8.57. The summed E-state index contributed by atoms with van der Waals surface area (Å²) in [5.41, 5.74) is 19.3. The van der Waals surface area contributed by atoms with Gasteiger partial charge in [-0.05, 0) is 0 Å². The number of hydrogen-bond acceptors (Lipinski definition) is 2. The highest BCUT2D eigenvalue weighted by Gasteiger charge is 1.61. The molecule has 76 valence electrons. The van der Waals surface area contributed by atoms with E-state index in [4.69, 9.17) is 22.9 Å². The average Bonchev–Trinajstić information content (AvgIpc) is 1.89. The van der Waals surface area contributed by atoms with Crippen molar-refractivity contribution in [2.75, 3.05) is 14.1 Å². The molecule has 0 aliphatic carbocycles. The minimum atomic E-state index is 0. The van der Waals surface area contributed by atoms with Crippen LogP contribution in [0.4, 0.5) is 0 Å². The third kappa shape index (κ3) is 50.6. The lowest BCUT2D eigenvalue weighted by Crippen LogP contribution is -2.21. The van der Waals surface area contributed by atoms with Crippen LogP contribution < -0.4 is 22.9 Å². The molecule has 0 radical (unpaired) electrons. The number of halogens is 2. The number of nitrogens with zero attached hydrogens (tertiary/aromatic N) is 2. The van der Waals surface area contributed by atoms with Crippen molar-refractivity contribution in [1.29, 1.82) is 0 Å². The van der Waals surface area contributed by atoms with E-state index in [9.17, 15) is 0 Å². The average molecular weight is 402 g/mol. The smallest absolute Gasteiger partial charge is 0.185 e. The van der Waals surface area contributed by atoms with Gasteiger partial charge in [-0.15, -0.1) is 48.0 Å². The molecule has 0 saturated heterocycles. The number of nitrogens with two attached hydrogens (primary N) is 4. The first-order chi connectivity index (χ1) is 4.54. The van der Waals surface area contributed by atoms with Crippen molar-refractivity contribution in [3.8, 4) is 0 Å². The van der Waals surface area contributed by atoms with E-state index in [1.54, 1.807) is 0 Å². The first kappa shape index (κ1) is 22.7. The van der Waals surface area contributed by atoms with Gasteiger partial charge in [-0.1, -0.05) is 0 Å². The molecule has 0 saturated carbocycles. The molecule has 0 bridgehead atoms. The summed E-state index contributed by atoms with van der Waals surface area (Å²) in [5, 5.41) is 0. The Morgan fingerprint density at radius 2 is 0.833 bits per heavy atom. The van der Waals surface area contributed by atoms with Crippen LogP contribution in [0.25, 0.3) is 0 Å². The number of rotatable bonds is 0. The molecule has 0 rings (SSSR count). The molecule has 8 N–H and O–H groups in total. The molecular weight excluding hydrogens is 386 g/mol. The van der Waals surface area contributed by atoms with Gasteiger partial charge in [0, 0.05) is 14.1 Å². The molecule has 0 aliphatic heterocycles. The summed E-state index contributed by atoms with van der Waals surface area (Å²) >= 11 is 0. The van der Waals surface area contributed by atoms with Crippen LogP contribution in [-0.4, -0.2) is 26.0 Å². The second-order valence-electron chi connectivity index (χ2n) is 1.30. The Balaban J connectivity index is -0.0000000457. The molecule has 0 unspecified atom stereocenters. The predicted octanol–water partition coefficient (Wildman–Crippen LogP) is -0.985. The molecule has 0 aromatic carbocycles. The molecule has 8 heteroatoms. The monoisotopic (exact) mass is 402 g/mol. The first-order valence-corrected chi connectivity index (χ1v) is 2.50. The Hall–Kier alpha value is 0. The van der Waals surface area contributed by atoms with Crippen molar-refractivity contribution in [2.24, 2.45) is 32.9 Å². The van der Waals surface area contributed by atoms with Crippen LogP contribution >= 0.6 is 48.0 Å². The number of aliphatic imine (C=N–C) groups is 2. The Morgan fingerprint density at radius 3 is 0.833 bits per heavy atom. The van der Waals surface area contributed by atoms with Crippen molar-refractivity contribution in [3.05, 3.63) is 0 Å². The molecule has 0 fully saturated rings. The highest BCUT2D eigenvalue weighted by Crippen LogP contribution is 1.40. The summed E-state index contributed by atoms with van der Waals surface area (Å²) in [4.78, 5) is 6.72. The summed E-state index contributed by atoms with van der Waals surface area (Å²) in [6, 6.07) is 0. The van der Waals surface area contributed by atoms with E-state index in [2.05, 4.69) is 9.98 Å². The van der Waals surface area contributed by atoms with Gasteiger partial charge < -0.3 is 22.9 Å². The van der Waals surface area contributed by atoms with Gasteiger partial charge in [-0.2, -0.15) is 0 Å². The van der Waals surface area contributed by atoms with Crippen LogP contribution in [0.1, 0.15) is 0 Å². The minimum absolute atomic E-state index is 0. The van der Waals surface area contributed by atoms with Gasteiger partial charge in [0.1, 0.15) is 0 Å². The molecule has 0 atom stereocenters. The van der Waals surface area contributed by atoms with E-state index in [0.717, 1.165) is 0 Å². The summed E-state index contributed by atoms with van der Waals surface area (Å²) in [7, 11) is 3.07. The van der Waals surface area contributed by atoms with Crippen LogP contribution in [0.2, 0.25) is 0 Å². The third-order valence-electron chi connectivity index (χ3n) is 0.516. The predicted molar refractivity (Wildman–Crippen MR) is 74.3 cm³/mol. The fourth-order valence-electron chi connectivity index (χ4n) is 0. The Morgan fingerprint density at radius 1 is 0.750 bits per heavy atom. The van der Waals surface area contributed by atoms with Gasteiger partial charge in [0.25, 0.3) is 0 Å². The zero-order valence-corrected chi connectivity index (χ0v) is 11.7. The summed E-state index contributed by atoms with van der Waals surface area (Å²) in [6.07, 6.45) is 0. The van der Waals surface area contributed by atoms with E-state index >= 15 is 0 Å². The Labute approximate surface area is 106 Å². The quantitative estimate of drug-likeness (QED) is 0.236. The molecule has 0 amide bonds. The summed E-state index contributed by atoms with van der Waals surface area (Å²) < 4.78 is 0. The molecule has 0 aromatic rings. The molecule has 0 aliphatic rings. The van der Waals surface area contributed by atoms with Crippen LogP contribution in [0.15, 0.2) is 9.98 Å². The van der Waals surface area contributed by atoms with Gasteiger partial charge in [0.05, 0.1) is 0 Å². The first-order valence-electron chi connectivity index (χ1n) is 2.50. The SMILES string of the molecule is CN=C(N)N.CN=C(N)N.I.I. The van der Waals surface area contributed by atoms with Crippen molar-refractivity contribution in [1.82, 2.24) is 0 Å². The summed E-state index contributed by atoms with van der Waals surface area (Å²) in [5.74, 6) is 0.259. The fourth-order valence-corrected chi connectivity index (χ4v) is 0. The van der Waals surface area contributed by atoms with Crippen molar-refractivity contribution in [2.45, 2.75) is 0 Å². The standard InChI is InChI=1S/2C2H7N3.2HI/c2*1-5-2(3)4;;/h2*1H3,(H4,3,4,5);2*1H. The van der Waals surface area contributed by atoms with E-state index in [-0.39, 0.29) is 59.9 Å². The molecule has 12 heavy (non-hydrogen) atoms. The second kappa shape index (κ2) is 17.2.